The molecule has 3 aromatic rings. The van der Waals surface area contributed by atoms with Crippen molar-refractivity contribution in [1.29, 1.82) is 0 Å². The van der Waals surface area contributed by atoms with Crippen LogP contribution >= 0.6 is 0 Å². The van der Waals surface area contributed by atoms with Gasteiger partial charge in [-0.15, -0.1) is 0 Å². The molecule has 1 atom stereocenters. The van der Waals surface area contributed by atoms with Crippen LogP contribution in [0, 0.1) is 0 Å². The van der Waals surface area contributed by atoms with E-state index in [1.54, 1.807) is 13.1 Å². The van der Waals surface area contributed by atoms with Crippen molar-refractivity contribution < 1.29 is 19.1 Å². The highest BCUT2D eigenvalue weighted by atomic mass is 16.5. The number of carbonyl (C=O) groups excluding carboxylic acids is 2. The second kappa shape index (κ2) is 12.2. The number of nitrogens with zero attached hydrogens (tertiary/aromatic N) is 1. The van der Waals surface area contributed by atoms with Gasteiger partial charge >= 0.3 is 6.09 Å². The summed E-state index contributed by atoms with van der Waals surface area (Å²) in [5, 5.41) is 8.94. The third kappa shape index (κ3) is 6.80. The molecule has 2 amide bonds. The number of ether oxygens (including phenoxy) is 2. The molecule has 172 valence electrons. The van der Waals surface area contributed by atoms with E-state index >= 15 is 0 Å². The summed E-state index contributed by atoms with van der Waals surface area (Å²) in [6.45, 7) is 4.61. The average Bonchev–Trinajstić information content (AvgIpc) is 2.83. The lowest BCUT2D eigenvalue weighted by Crippen LogP contribution is -2.33. The van der Waals surface area contributed by atoms with E-state index in [4.69, 9.17) is 9.47 Å². The minimum atomic E-state index is -0.573. The lowest BCUT2D eigenvalue weighted by molar-refractivity contribution is -0.121. The smallest absolute Gasteiger partial charge is 0.407 e. The van der Waals surface area contributed by atoms with Crippen LogP contribution in [0.3, 0.4) is 0 Å². The first kappa shape index (κ1) is 23.8. The fourth-order valence-electron chi connectivity index (χ4n) is 3.40. The van der Waals surface area contributed by atoms with Gasteiger partial charge in [-0.1, -0.05) is 67.6 Å². The van der Waals surface area contributed by atoms with Gasteiger partial charge in [-0.2, -0.15) is 5.10 Å². The SMILES string of the molecule is CCCOc1ccc2ccccc2c1/C=N\NC(=O)C[C@@H](NC(=O)OCC)c1ccccc1. The van der Waals surface area contributed by atoms with Gasteiger partial charge in [-0.3, -0.25) is 4.79 Å². The van der Waals surface area contributed by atoms with Crippen LogP contribution in [0.5, 0.6) is 5.75 Å². The van der Waals surface area contributed by atoms with Crippen LogP contribution in [-0.4, -0.2) is 31.4 Å². The summed E-state index contributed by atoms with van der Waals surface area (Å²) in [5.74, 6) is 0.368. The van der Waals surface area contributed by atoms with Crippen LogP contribution in [0.15, 0.2) is 71.8 Å². The van der Waals surface area contributed by atoms with Gasteiger partial charge in [0.2, 0.25) is 5.91 Å². The highest BCUT2D eigenvalue weighted by molar-refractivity contribution is 6.02. The quantitative estimate of drug-likeness (QED) is 0.340. The van der Waals surface area contributed by atoms with Gasteiger partial charge in [0.15, 0.2) is 0 Å². The van der Waals surface area contributed by atoms with Crippen molar-refractivity contribution in [2.75, 3.05) is 13.2 Å². The van der Waals surface area contributed by atoms with Gasteiger partial charge in [0, 0.05) is 5.56 Å². The molecule has 0 aliphatic heterocycles. The molecule has 0 radical (unpaired) electrons. The Morgan fingerprint density at radius 2 is 1.76 bits per heavy atom. The predicted octanol–water partition coefficient (Wildman–Crippen LogP) is 4.96. The van der Waals surface area contributed by atoms with E-state index in [9.17, 15) is 9.59 Å². The molecule has 7 nitrogen and oxygen atoms in total. The molecule has 7 heteroatoms. The highest BCUT2D eigenvalue weighted by Crippen LogP contribution is 2.27. The molecule has 0 fully saturated rings. The zero-order valence-electron chi connectivity index (χ0n) is 18.9. The van der Waals surface area contributed by atoms with Gasteiger partial charge in [-0.25, -0.2) is 10.2 Å². The Bertz CT molecular complexity index is 1100. The van der Waals surface area contributed by atoms with Crippen LogP contribution in [0.2, 0.25) is 0 Å². The van der Waals surface area contributed by atoms with Crippen LogP contribution in [0.25, 0.3) is 10.8 Å². The number of nitrogens with one attached hydrogen (secondary N) is 2. The first-order valence-electron chi connectivity index (χ1n) is 11.1. The van der Waals surface area contributed by atoms with E-state index in [-0.39, 0.29) is 18.9 Å². The Hall–Kier alpha value is -3.87. The van der Waals surface area contributed by atoms with Gasteiger partial charge in [0.25, 0.3) is 0 Å². The fourth-order valence-corrected chi connectivity index (χ4v) is 3.40. The van der Waals surface area contributed by atoms with E-state index in [1.807, 2.05) is 73.7 Å². The zero-order chi connectivity index (χ0) is 23.5. The first-order chi connectivity index (χ1) is 16.1. The minimum Gasteiger partial charge on any atom is -0.493 e. The van der Waals surface area contributed by atoms with Crippen molar-refractivity contribution in [1.82, 2.24) is 10.7 Å². The maximum atomic E-state index is 12.6. The van der Waals surface area contributed by atoms with Crippen molar-refractivity contribution >= 4 is 29.0 Å². The number of carbonyl (C=O) groups is 2. The average molecular weight is 448 g/mol. The summed E-state index contributed by atoms with van der Waals surface area (Å²) in [6, 6.07) is 20.6. The lowest BCUT2D eigenvalue weighted by atomic mass is 10.0. The number of hydrogen-bond donors (Lipinski definition) is 2. The van der Waals surface area contributed by atoms with Crippen LogP contribution in [0.1, 0.15) is 43.9 Å². The molecule has 0 heterocycles. The highest BCUT2D eigenvalue weighted by Gasteiger charge is 2.19. The Labute approximate surface area is 193 Å². The van der Waals surface area contributed by atoms with Gasteiger partial charge in [0.1, 0.15) is 5.75 Å². The van der Waals surface area contributed by atoms with Gasteiger partial charge in [0.05, 0.1) is 31.9 Å². The molecule has 0 aromatic heterocycles. The molecule has 0 aliphatic rings. The summed E-state index contributed by atoms with van der Waals surface area (Å²) in [5.41, 5.74) is 4.16. The van der Waals surface area contributed by atoms with Crippen LogP contribution in [-0.2, 0) is 9.53 Å². The fraction of sp³-hybridized carbons (Fsp3) is 0.269. The molecule has 0 spiro atoms. The second-order valence-corrected chi connectivity index (χ2v) is 7.37. The first-order valence-corrected chi connectivity index (χ1v) is 11.1. The van der Waals surface area contributed by atoms with Crippen molar-refractivity contribution in [3.05, 3.63) is 77.9 Å². The van der Waals surface area contributed by atoms with Crippen molar-refractivity contribution in [2.24, 2.45) is 5.10 Å². The standard InChI is InChI=1S/C26H29N3O4/c1-3-16-33-24-15-14-19-10-8-9-13-21(19)22(24)18-27-29-25(30)17-23(28-26(31)32-4-2)20-11-6-5-7-12-20/h5-15,18,23H,3-4,16-17H2,1-2H3,(H,28,31)(H,29,30)/b27-18-/t23-/m1/s1. The minimum absolute atomic E-state index is 0.00883. The summed E-state index contributed by atoms with van der Waals surface area (Å²) >= 11 is 0. The second-order valence-electron chi connectivity index (χ2n) is 7.37. The molecule has 0 saturated carbocycles. The van der Waals surface area contributed by atoms with E-state index < -0.39 is 12.1 Å². The summed E-state index contributed by atoms with van der Waals surface area (Å²) in [7, 11) is 0. The molecule has 33 heavy (non-hydrogen) atoms. The number of benzene rings is 3. The monoisotopic (exact) mass is 447 g/mol. The number of hydrazone groups is 1. The van der Waals surface area contributed by atoms with E-state index in [1.165, 1.54) is 0 Å². The number of rotatable bonds is 10. The van der Waals surface area contributed by atoms with E-state index in [0.717, 1.165) is 28.3 Å². The number of amides is 2. The van der Waals surface area contributed by atoms with E-state index in [0.29, 0.717) is 12.4 Å². The molecule has 3 rings (SSSR count). The summed E-state index contributed by atoms with van der Waals surface area (Å²) in [4.78, 5) is 24.6. The van der Waals surface area contributed by atoms with Gasteiger partial charge < -0.3 is 14.8 Å². The third-order valence-corrected chi connectivity index (χ3v) is 4.93. The molecule has 0 saturated heterocycles. The van der Waals surface area contributed by atoms with Crippen molar-refractivity contribution in [3.63, 3.8) is 0 Å². The predicted molar refractivity (Wildman–Crippen MR) is 129 cm³/mol. The lowest BCUT2D eigenvalue weighted by Gasteiger charge is -2.18. The molecule has 2 N–H and O–H groups in total. The number of fused-ring (bicyclic) bond motifs is 1. The van der Waals surface area contributed by atoms with Crippen LogP contribution < -0.4 is 15.5 Å². The van der Waals surface area contributed by atoms with Gasteiger partial charge in [-0.05, 0) is 35.7 Å². The molecule has 0 bridgehead atoms. The Balaban J connectivity index is 1.74. The Morgan fingerprint density at radius 1 is 1.00 bits per heavy atom. The topological polar surface area (TPSA) is 89.0 Å². The maximum Gasteiger partial charge on any atom is 0.407 e. The molecular formula is C26H29N3O4. The van der Waals surface area contributed by atoms with Crippen molar-refractivity contribution in [3.8, 4) is 5.75 Å². The summed E-state index contributed by atoms with van der Waals surface area (Å²) < 4.78 is 10.9. The van der Waals surface area contributed by atoms with Crippen LogP contribution in [0.4, 0.5) is 4.79 Å². The maximum absolute atomic E-state index is 12.6. The zero-order valence-corrected chi connectivity index (χ0v) is 18.9. The van der Waals surface area contributed by atoms with E-state index in [2.05, 4.69) is 15.8 Å². The molecular weight excluding hydrogens is 418 g/mol. The number of hydrogen-bond acceptors (Lipinski definition) is 5. The number of alkyl carbamates (subject to hydrolysis) is 1. The Morgan fingerprint density at radius 3 is 2.52 bits per heavy atom. The largest absolute Gasteiger partial charge is 0.493 e. The summed E-state index contributed by atoms with van der Waals surface area (Å²) in [6.07, 6.45) is 1.92. The molecule has 0 aliphatic carbocycles. The Kier molecular flexibility index (Phi) is 8.82. The molecule has 0 unspecified atom stereocenters. The third-order valence-electron chi connectivity index (χ3n) is 4.93. The molecule has 3 aromatic carbocycles. The normalized spacial score (nSPS) is 11.8. The van der Waals surface area contributed by atoms with Crippen molar-refractivity contribution in [2.45, 2.75) is 32.7 Å².